The Morgan fingerprint density at radius 2 is 1.39 bits per heavy atom. The molecule has 1 aliphatic rings. The first-order valence-corrected chi connectivity index (χ1v) is 10.9. The molecular formula is C24H33N5O2. The number of amides is 3. The van der Waals surface area contributed by atoms with E-state index < -0.39 is 0 Å². The molecule has 31 heavy (non-hydrogen) atoms. The Labute approximate surface area is 184 Å². The van der Waals surface area contributed by atoms with Crippen LogP contribution in [0, 0.1) is 0 Å². The molecule has 1 fully saturated rings. The number of rotatable bonds is 6. The summed E-state index contributed by atoms with van der Waals surface area (Å²) in [7, 11) is 0. The van der Waals surface area contributed by atoms with Crippen LogP contribution in [0.15, 0.2) is 48.5 Å². The van der Waals surface area contributed by atoms with Gasteiger partial charge in [-0.25, -0.2) is 4.79 Å². The Kier molecular flexibility index (Phi) is 7.52. The highest BCUT2D eigenvalue weighted by atomic mass is 16.2. The number of urea groups is 1. The van der Waals surface area contributed by atoms with Crippen LogP contribution in [-0.2, 0) is 0 Å². The van der Waals surface area contributed by atoms with Gasteiger partial charge in [-0.3, -0.25) is 9.69 Å². The summed E-state index contributed by atoms with van der Waals surface area (Å²) in [6.07, 6.45) is 0. The molecule has 0 bridgehead atoms. The molecule has 1 saturated heterocycles. The van der Waals surface area contributed by atoms with E-state index in [0.29, 0.717) is 23.0 Å². The summed E-state index contributed by atoms with van der Waals surface area (Å²) < 4.78 is 0. The number of benzene rings is 2. The summed E-state index contributed by atoms with van der Waals surface area (Å²) in [5.74, 6) is -0.213. The molecule has 0 aliphatic carbocycles. The second kappa shape index (κ2) is 10.3. The van der Waals surface area contributed by atoms with Crippen molar-refractivity contribution in [3.05, 3.63) is 54.1 Å². The molecule has 0 spiro atoms. The third-order valence-corrected chi connectivity index (χ3v) is 5.38. The molecule has 0 unspecified atom stereocenters. The number of hydrogen-bond acceptors (Lipinski definition) is 4. The van der Waals surface area contributed by atoms with E-state index in [0.717, 1.165) is 31.9 Å². The van der Waals surface area contributed by atoms with E-state index in [1.54, 1.807) is 12.1 Å². The van der Waals surface area contributed by atoms with Crippen molar-refractivity contribution in [3.63, 3.8) is 0 Å². The van der Waals surface area contributed by atoms with Crippen molar-refractivity contribution in [3.8, 4) is 0 Å². The van der Waals surface area contributed by atoms with Gasteiger partial charge in [0.1, 0.15) is 0 Å². The van der Waals surface area contributed by atoms with Gasteiger partial charge in [0.25, 0.3) is 5.91 Å². The molecule has 7 nitrogen and oxygen atoms in total. The van der Waals surface area contributed by atoms with Gasteiger partial charge in [0, 0.05) is 49.5 Å². The summed E-state index contributed by atoms with van der Waals surface area (Å²) in [6, 6.07) is 15.1. The molecule has 0 radical (unpaired) electrons. The van der Waals surface area contributed by atoms with E-state index in [1.807, 2.05) is 50.2 Å². The average molecular weight is 424 g/mol. The van der Waals surface area contributed by atoms with E-state index in [2.05, 4.69) is 39.6 Å². The number of nitrogens with one attached hydrogen (secondary N) is 3. The van der Waals surface area contributed by atoms with Gasteiger partial charge in [0.05, 0.1) is 11.4 Å². The topological polar surface area (TPSA) is 76.7 Å². The zero-order valence-electron chi connectivity index (χ0n) is 18.8. The predicted octanol–water partition coefficient (Wildman–Crippen LogP) is 4.00. The third kappa shape index (κ3) is 6.21. The average Bonchev–Trinajstić information content (AvgIpc) is 2.74. The molecule has 3 rings (SSSR count). The molecule has 1 heterocycles. The number of para-hydroxylation sites is 2. The summed E-state index contributed by atoms with van der Waals surface area (Å²) in [5.41, 5.74) is 2.81. The van der Waals surface area contributed by atoms with Crippen LogP contribution in [0.3, 0.4) is 0 Å². The number of piperazine rings is 1. The van der Waals surface area contributed by atoms with E-state index >= 15 is 0 Å². The van der Waals surface area contributed by atoms with Gasteiger partial charge in [0.2, 0.25) is 0 Å². The number of nitrogens with zero attached hydrogens (tertiary/aromatic N) is 2. The van der Waals surface area contributed by atoms with Crippen LogP contribution >= 0.6 is 0 Å². The van der Waals surface area contributed by atoms with Crippen molar-refractivity contribution in [2.75, 3.05) is 41.7 Å². The number of hydrogen-bond donors (Lipinski definition) is 3. The SMILES string of the molecule is CC(C)NC(=O)Nc1ccccc1NC(=O)c1ccc(N2CCN(C(C)C)CC2)cc1. The quantitative estimate of drug-likeness (QED) is 0.656. The smallest absolute Gasteiger partial charge is 0.319 e. The Morgan fingerprint density at radius 3 is 1.94 bits per heavy atom. The minimum absolute atomic E-state index is 0.0219. The van der Waals surface area contributed by atoms with E-state index in [-0.39, 0.29) is 18.0 Å². The largest absolute Gasteiger partial charge is 0.369 e. The van der Waals surface area contributed by atoms with Gasteiger partial charge >= 0.3 is 6.03 Å². The van der Waals surface area contributed by atoms with Crippen molar-refractivity contribution >= 4 is 29.0 Å². The van der Waals surface area contributed by atoms with Crippen LogP contribution in [0.4, 0.5) is 21.9 Å². The van der Waals surface area contributed by atoms with Gasteiger partial charge in [-0.2, -0.15) is 0 Å². The van der Waals surface area contributed by atoms with Crippen LogP contribution in [0.2, 0.25) is 0 Å². The summed E-state index contributed by atoms with van der Waals surface area (Å²) in [5, 5.41) is 8.47. The molecular weight excluding hydrogens is 390 g/mol. The molecule has 3 amide bonds. The molecule has 2 aromatic carbocycles. The van der Waals surface area contributed by atoms with Crippen molar-refractivity contribution < 1.29 is 9.59 Å². The van der Waals surface area contributed by atoms with Crippen molar-refractivity contribution in [1.82, 2.24) is 10.2 Å². The first-order valence-electron chi connectivity index (χ1n) is 10.9. The van der Waals surface area contributed by atoms with E-state index in [9.17, 15) is 9.59 Å². The lowest BCUT2D eigenvalue weighted by Gasteiger charge is -2.38. The van der Waals surface area contributed by atoms with E-state index in [4.69, 9.17) is 0 Å². The van der Waals surface area contributed by atoms with Crippen molar-refractivity contribution in [1.29, 1.82) is 0 Å². The number of carbonyl (C=O) groups is 2. The fourth-order valence-corrected chi connectivity index (χ4v) is 3.64. The van der Waals surface area contributed by atoms with Gasteiger partial charge < -0.3 is 20.9 Å². The Balaban J connectivity index is 1.62. The number of anilines is 3. The lowest BCUT2D eigenvalue weighted by atomic mass is 10.1. The van der Waals surface area contributed by atoms with Crippen LogP contribution in [0.5, 0.6) is 0 Å². The van der Waals surface area contributed by atoms with Gasteiger partial charge in [0.15, 0.2) is 0 Å². The molecule has 7 heteroatoms. The zero-order chi connectivity index (χ0) is 22.4. The second-order valence-corrected chi connectivity index (χ2v) is 8.42. The summed E-state index contributed by atoms with van der Waals surface area (Å²) in [6.45, 7) is 12.3. The zero-order valence-corrected chi connectivity index (χ0v) is 18.8. The fraction of sp³-hybridized carbons (Fsp3) is 0.417. The number of carbonyl (C=O) groups excluding carboxylic acids is 2. The Hall–Kier alpha value is -3.06. The maximum absolute atomic E-state index is 12.8. The highest BCUT2D eigenvalue weighted by molar-refractivity contribution is 6.07. The molecule has 166 valence electrons. The van der Waals surface area contributed by atoms with Gasteiger partial charge in [-0.15, -0.1) is 0 Å². The minimum atomic E-state index is -0.307. The predicted molar refractivity (Wildman–Crippen MR) is 127 cm³/mol. The molecule has 0 saturated carbocycles. The Bertz CT molecular complexity index is 887. The molecule has 3 N–H and O–H groups in total. The van der Waals surface area contributed by atoms with Gasteiger partial charge in [-0.05, 0) is 64.1 Å². The van der Waals surface area contributed by atoms with Crippen LogP contribution in [-0.4, -0.2) is 55.1 Å². The van der Waals surface area contributed by atoms with Crippen LogP contribution in [0.25, 0.3) is 0 Å². The lowest BCUT2D eigenvalue weighted by molar-refractivity contribution is 0.102. The first kappa shape index (κ1) is 22.6. The second-order valence-electron chi connectivity index (χ2n) is 8.42. The molecule has 2 aromatic rings. The van der Waals surface area contributed by atoms with Crippen LogP contribution < -0.4 is 20.9 Å². The minimum Gasteiger partial charge on any atom is -0.369 e. The third-order valence-electron chi connectivity index (χ3n) is 5.38. The highest BCUT2D eigenvalue weighted by Crippen LogP contribution is 2.23. The summed E-state index contributed by atoms with van der Waals surface area (Å²) in [4.78, 5) is 29.6. The van der Waals surface area contributed by atoms with Gasteiger partial charge in [-0.1, -0.05) is 12.1 Å². The first-order chi connectivity index (χ1) is 14.8. The maximum atomic E-state index is 12.8. The maximum Gasteiger partial charge on any atom is 0.319 e. The Morgan fingerprint density at radius 1 is 0.806 bits per heavy atom. The highest BCUT2D eigenvalue weighted by Gasteiger charge is 2.19. The molecule has 0 aromatic heterocycles. The van der Waals surface area contributed by atoms with Crippen molar-refractivity contribution in [2.45, 2.75) is 39.8 Å². The van der Waals surface area contributed by atoms with E-state index in [1.165, 1.54) is 0 Å². The van der Waals surface area contributed by atoms with Crippen LogP contribution in [0.1, 0.15) is 38.1 Å². The fourth-order valence-electron chi connectivity index (χ4n) is 3.64. The van der Waals surface area contributed by atoms with Crippen molar-refractivity contribution in [2.24, 2.45) is 0 Å². The summed E-state index contributed by atoms with van der Waals surface area (Å²) >= 11 is 0. The standard InChI is InChI=1S/C24H33N5O2/c1-17(2)25-24(31)27-22-8-6-5-7-21(22)26-23(30)19-9-11-20(12-10-19)29-15-13-28(14-16-29)18(3)4/h5-12,17-18H,13-16H2,1-4H3,(H,26,30)(H2,25,27,31). The normalized spacial score (nSPS) is 14.6. The monoisotopic (exact) mass is 423 g/mol. The molecule has 1 aliphatic heterocycles. The lowest BCUT2D eigenvalue weighted by Crippen LogP contribution is -2.48. The molecule has 0 atom stereocenters.